The van der Waals surface area contributed by atoms with Crippen molar-refractivity contribution in [3.63, 3.8) is 0 Å². The van der Waals surface area contributed by atoms with Gasteiger partial charge in [0, 0.05) is 77.6 Å². The fourth-order valence-corrected chi connectivity index (χ4v) is 7.86. The molecule has 0 radical (unpaired) electrons. The summed E-state index contributed by atoms with van der Waals surface area (Å²) in [7, 11) is 3.28. The summed E-state index contributed by atoms with van der Waals surface area (Å²) in [6.45, 7) is 8.49. The van der Waals surface area contributed by atoms with Crippen LogP contribution in [0.15, 0.2) is 65.6 Å². The number of fused-ring (bicyclic) bond motifs is 3. The second-order valence-corrected chi connectivity index (χ2v) is 14.7. The fraction of sp³-hybridized carbons (Fsp3) is 0.447. The number of hydrogen-bond acceptors (Lipinski definition) is 9. The first-order chi connectivity index (χ1) is 23.5. The number of carbonyl (C=O) groups excluding carboxylic acids is 1. The molecule has 11 nitrogen and oxygen atoms in total. The third-order valence-corrected chi connectivity index (χ3v) is 9.99. The number of methoxy groups -OCH3 is 2. The third kappa shape index (κ3) is 6.34. The van der Waals surface area contributed by atoms with Gasteiger partial charge in [0.25, 0.3) is 5.56 Å². The molecule has 1 aliphatic carbocycles. The van der Waals surface area contributed by atoms with E-state index in [9.17, 15) is 9.59 Å². The number of carbonyl (C=O) groups is 1. The van der Waals surface area contributed by atoms with Crippen LogP contribution in [0.2, 0.25) is 0 Å². The number of amides is 1. The molecule has 49 heavy (non-hydrogen) atoms. The molecular formula is C38H45N5O6. The number of hydrogen-bond donors (Lipinski definition) is 2. The van der Waals surface area contributed by atoms with E-state index in [2.05, 4.69) is 27.8 Å². The Morgan fingerprint density at radius 3 is 2.59 bits per heavy atom. The van der Waals surface area contributed by atoms with Gasteiger partial charge in [0.1, 0.15) is 28.7 Å². The first kappa shape index (κ1) is 32.6. The van der Waals surface area contributed by atoms with Crippen molar-refractivity contribution in [3.05, 3.63) is 82.4 Å². The molecule has 2 bridgehead atoms. The molecule has 4 aromatic rings. The maximum atomic E-state index is 13.6. The van der Waals surface area contributed by atoms with Gasteiger partial charge in [-0.05, 0) is 76.8 Å². The summed E-state index contributed by atoms with van der Waals surface area (Å²) in [6.07, 6.45) is 4.91. The van der Waals surface area contributed by atoms with Gasteiger partial charge in [-0.2, -0.15) is 0 Å². The predicted octanol–water partition coefficient (Wildman–Crippen LogP) is 6.23. The number of pyridine rings is 2. The van der Waals surface area contributed by atoms with Gasteiger partial charge in [0.2, 0.25) is 0 Å². The van der Waals surface area contributed by atoms with Crippen molar-refractivity contribution in [3.8, 4) is 17.2 Å². The number of ether oxygens (including phenoxy) is 4. The van der Waals surface area contributed by atoms with Crippen LogP contribution in [-0.2, 0) is 24.2 Å². The lowest BCUT2D eigenvalue weighted by molar-refractivity contribution is 0.000956. The summed E-state index contributed by atoms with van der Waals surface area (Å²) in [5.41, 5.74) is 1.71. The van der Waals surface area contributed by atoms with Gasteiger partial charge in [0.15, 0.2) is 0 Å². The van der Waals surface area contributed by atoms with Crippen LogP contribution in [0.3, 0.4) is 0 Å². The summed E-state index contributed by atoms with van der Waals surface area (Å²) in [6, 6.07) is 17.5. The van der Waals surface area contributed by atoms with Crippen LogP contribution < -0.4 is 30.4 Å². The molecule has 2 aromatic heterocycles. The van der Waals surface area contributed by atoms with E-state index in [1.165, 1.54) is 0 Å². The number of aryl methyl sites for hydroxylation is 1. The normalized spacial score (nSPS) is 20.8. The van der Waals surface area contributed by atoms with Gasteiger partial charge in [-0.3, -0.25) is 4.79 Å². The minimum atomic E-state index is -0.614. The molecule has 5 heterocycles. The van der Waals surface area contributed by atoms with Gasteiger partial charge < -0.3 is 39.0 Å². The molecule has 3 aliphatic heterocycles. The van der Waals surface area contributed by atoms with Crippen molar-refractivity contribution in [1.82, 2.24) is 14.5 Å². The van der Waals surface area contributed by atoms with Crippen LogP contribution in [0.25, 0.3) is 10.8 Å². The molecule has 11 heteroatoms. The van der Waals surface area contributed by atoms with Gasteiger partial charge in [-0.25, -0.2) is 9.78 Å². The highest BCUT2D eigenvalue weighted by Crippen LogP contribution is 2.60. The molecule has 8 rings (SSSR count). The number of benzene rings is 2. The lowest BCUT2D eigenvalue weighted by atomic mass is 9.62. The zero-order valence-corrected chi connectivity index (χ0v) is 28.9. The third-order valence-electron chi connectivity index (χ3n) is 9.99. The topological polar surface area (TPSA) is 116 Å². The van der Waals surface area contributed by atoms with Crippen molar-refractivity contribution in [2.24, 2.45) is 5.41 Å². The van der Waals surface area contributed by atoms with E-state index in [1.807, 2.05) is 66.6 Å². The molecule has 258 valence electrons. The van der Waals surface area contributed by atoms with E-state index in [0.29, 0.717) is 32.0 Å². The second-order valence-electron chi connectivity index (χ2n) is 14.7. The molecule has 1 amide bonds. The van der Waals surface area contributed by atoms with Gasteiger partial charge in [-0.1, -0.05) is 12.1 Å². The Morgan fingerprint density at radius 1 is 0.980 bits per heavy atom. The Kier molecular flexibility index (Phi) is 8.32. The minimum Gasteiger partial charge on any atom is -0.497 e. The smallest absolute Gasteiger partial charge is 0.410 e. The molecule has 3 fully saturated rings. The summed E-state index contributed by atoms with van der Waals surface area (Å²) in [5.74, 6) is 2.85. The average molecular weight is 668 g/mol. The van der Waals surface area contributed by atoms with Crippen molar-refractivity contribution in [2.45, 2.75) is 70.7 Å². The summed E-state index contributed by atoms with van der Waals surface area (Å²) >= 11 is 0. The Bertz CT molecular complexity index is 1940. The summed E-state index contributed by atoms with van der Waals surface area (Å²) in [4.78, 5) is 32.8. The van der Waals surface area contributed by atoms with Crippen molar-refractivity contribution < 1.29 is 23.7 Å². The molecule has 0 spiro atoms. The van der Waals surface area contributed by atoms with E-state index < -0.39 is 11.1 Å². The largest absolute Gasteiger partial charge is 0.497 e. The van der Waals surface area contributed by atoms with E-state index >= 15 is 0 Å². The monoisotopic (exact) mass is 667 g/mol. The lowest BCUT2D eigenvalue weighted by Crippen LogP contribution is -2.57. The highest BCUT2D eigenvalue weighted by molar-refractivity contribution is 6.00. The number of nitrogens with zero attached hydrogens (tertiary/aromatic N) is 3. The van der Waals surface area contributed by atoms with Crippen LogP contribution in [0.1, 0.15) is 51.3 Å². The molecule has 0 atom stereocenters. The first-order valence-electron chi connectivity index (χ1n) is 16.9. The molecular weight excluding hydrogens is 622 g/mol. The second kappa shape index (κ2) is 12.5. The quantitative estimate of drug-likeness (QED) is 0.192. The van der Waals surface area contributed by atoms with E-state index in [1.54, 1.807) is 26.5 Å². The summed E-state index contributed by atoms with van der Waals surface area (Å²) in [5, 5.41) is 9.18. The molecule has 0 unspecified atom stereocenters. The van der Waals surface area contributed by atoms with Crippen LogP contribution in [-0.4, -0.2) is 65.6 Å². The van der Waals surface area contributed by atoms with Crippen LogP contribution >= 0.6 is 0 Å². The Morgan fingerprint density at radius 2 is 1.82 bits per heavy atom. The standard InChI is InChI=1S/C38H45N5O6/c1-36(2,3)49-35(45)43-23-37(24-48-28-16-26-8-7-15-42(26)33(44)18-28)20-38(43,21-37)22-41-31-10-6-9-30-29(31)13-14-39-34(30)40-19-25-11-12-27(46-4)17-32(25)47-5/h6,9-14,16-18,41H,7-8,15,19-24H2,1-5H3,(H,39,40). The zero-order valence-electron chi connectivity index (χ0n) is 28.9. The molecule has 1 saturated carbocycles. The molecule has 2 saturated heterocycles. The first-order valence-corrected chi connectivity index (χ1v) is 16.9. The van der Waals surface area contributed by atoms with E-state index in [4.69, 9.17) is 18.9 Å². The highest BCUT2D eigenvalue weighted by atomic mass is 16.6. The number of anilines is 2. The molecule has 2 N–H and O–H groups in total. The van der Waals surface area contributed by atoms with Crippen molar-refractivity contribution in [2.75, 3.05) is 44.5 Å². The lowest BCUT2D eigenvalue weighted by Gasteiger charge is -2.47. The maximum Gasteiger partial charge on any atom is 0.410 e. The average Bonchev–Trinajstić information content (AvgIpc) is 3.76. The van der Waals surface area contributed by atoms with Crippen molar-refractivity contribution >= 4 is 28.4 Å². The summed E-state index contributed by atoms with van der Waals surface area (Å²) < 4.78 is 24.9. The van der Waals surface area contributed by atoms with Gasteiger partial charge >= 0.3 is 6.09 Å². The number of aromatic nitrogens is 2. The van der Waals surface area contributed by atoms with Crippen LogP contribution in [0.4, 0.5) is 16.3 Å². The Balaban J connectivity index is 1.08. The van der Waals surface area contributed by atoms with Gasteiger partial charge in [-0.15, -0.1) is 0 Å². The zero-order chi connectivity index (χ0) is 34.4. The van der Waals surface area contributed by atoms with Crippen LogP contribution in [0.5, 0.6) is 17.2 Å². The minimum absolute atomic E-state index is 0.0134. The molecule has 4 aliphatic rings. The maximum absolute atomic E-state index is 13.6. The van der Waals surface area contributed by atoms with Gasteiger partial charge in [0.05, 0.1) is 26.4 Å². The SMILES string of the molecule is COc1ccc(CNc2nccc3c(NCC45CC(COc6cc7n(c(=O)c6)CCC7)(CN4C(=O)OC(C)(C)C)C5)cccc23)c(OC)c1. The van der Waals surface area contributed by atoms with E-state index in [-0.39, 0.29) is 17.1 Å². The highest BCUT2D eigenvalue weighted by Gasteiger charge is 2.67. The van der Waals surface area contributed by atoms with Crippen molar-refractivity contribution in [1.29, 1.82) is 0 Å². The Hall–Kier alpha value is -4.93. The van der Waals surface area contributed by atoms with E-state index in [0.717, 1.165) is 77.3 Å². The number of nitrogens with one attached hydrogen (secondary N) is 2. The fourth-order valence-electron chi connectivity index (χ4n) is 7.86. The Labute approximate surface area is 286 Å². The predicted molar refractivity (Wildman–Crippen MR) is 189 cm³/mol. The van der Waals surface area contributed by atoms with Crippen LogP contribution in [0, 0.1) is 5.41 Å². The number of rotatable bonds is 11. The molecule has 2 aromatic carbocycles.